The number of rotatable bonds is 5. The molecule has 0 saturated carbocycles. The molecule has 2 aliphatic heterocycles. The van der Waals surface area contributed by atoms with Crippen LogP contribution in [-0.2, 0) is 11.2 Å². The Kier molecular flexibility index (Phi) is 5.51. The van der Waals surface area contributed by atoms with E-state index in [0.29, 0.717) is 18.0 Å². The number of piperidine rings is 1. The van der Waals surface area contributed by atoms with Crippen LogP contribution in [0.15, 0.2) is 24.3 Å². The molecule has 5 nitrogen and oxygen atoms in total. The summed E-state index contributed by atoms with van der Waals surface area (Å²) in [5, 5.41) is 8.94. The third-order valence-electron chi connectivity index (χ3n) is 5.17. The number of carbonyl (C=O) groups excluding carboxylic acids is 1. The number of carboxylic acid groups (broad SMARTS) is 1. The Balaban J connectivity index is 1.47. The lowest BCUT2D eigenvalue weighted by molar-refractivity contribution is -0.131. The first-order chi connectivity index (χ1) is 11.6. The van der Waals surface area contributed by atoms with Gasteiger partial charge in [-0.05, 0) is 62.4 Å². The highest BCUT2D eigenvalue weighted by Crippen LogP contribution is 2.22. The van der Waals surface area contributed by atoms with Crippen LogP contribution in [-0.4, -0.2) is 59.5 Å². The maximum Gasteiger partial charge on any atom is 0.335 e. The summed E-state index contributed by atoms with van der Waals surface area (Å²) >= 11 is 0. The summed E-state index contributed by atoms with van der Waals surface area (Å²) < 4.78 is 0. The highest BCUT2D eigenvalue weighted by molar-refractivity contribution is 5.87. The number of carboxylic acids is 1. The number of hydrogen-bond donors (Lipinski definition) is 1. The van der Waals surface area contributed by atoms with Crippen LogP contribution in [0.3, 0.4) is 0 Å². The SMILES string of the molecule is O=C(O)c1ccc(CC2CCN(C(=O)CN3CCCCC3)C2)cc1. The van der Waals surface area contributed by atoms with Gasteiger partial charge in [0.05, 0.1) is 12.1 Å². The fourth-order valence-corrected chi connectivity index (χ4v) is 3.75. The van der Waals surface area contributed by atoms with Gasteiger partial charge in [0.25, 0.3) is 0 Å². The van der Waals surface area contributed by atoms with Crippen molar-refractivity contribution in [2.75, 3.05) is 32.7 Å². The number of nitrogens with zero attached hydrogens (tertiary/aromatic N) is 2. The number of likely N-dealkylation sites (tertiary alicyclic amines) is 2. The van der Waals surface area contributed by atoms with Crippen LogP contribution >= 0.6 is 0 Å². The predicted molar refractivity (Wildman–Crippen MR) is 92.1 cm³/mol. The molecule has 1 aromatic rings. The topological polar surface area (TPSA) is 60.9 Å². The molecule has 2 heterocycles. The largest absolute Gasteiger partial charge is 0.478 e. The lowest BCUT2D eigenvalue weighted by Gasteiger charge is -2.28. The quantitative estimate of drug-likeness (QED) is 0.900. The van der Waals surface area contributed by atoms with Gasteiger partial charge in [-0.3, -0.25) is 9.69 Å². The van der Waals surface area contributed by atoms with Gasteiger partial charge in [0.1, 0.15) is 0 Å². The molecule has 1 unspecified atom stereocenters. The number of amides is 1. The summed E-state index contributed by atoms with van der Waals surface area (Å²) in [4.78, 5) is 27.6. The van der Waals surface area contributed by atoms with E-state index in [1.807, 2.05) is 17.0 Å². The van der Waals surface area contributed by atoms with Gasteiger partial charge in [0.2, 0.25) is 5.91 Å². The minimum Gasteiger partial charge on any atom is -0.478 e. The Morgan fingerprint density at radius 3 is 2.42 bits per heavy atom. The van der Waals surface area contributed by atoms with Crippen LogP contribution in [0.1, 0.15) is 41.6 Å². The maximum absolute atomic E-state index is 12.5. The van der Waals surface area contributed by atoms with E-state index in [4.69, 9.17) is 5.11 Å². The molecule has 3 rings (SSSR count). The predicted octanol–water partition coefficient (Wildman–Crippen LogP) is 2.26. The Morgan fingerprint density at radius 1 is 1.04 bits per heavy atom. The van der Waals surface area contributed by atoms with Gasteiger partial charge in [0.15, 0.2) is 0 Å². The summed E-state index contributed by atoms with van der Waals surface area (Å²) in [7, 11) is 0. The van der Waals surface area contributed by atoms with Crippen molar-refractivity contribution in [3.63, 3.8) is 0 Å². The second-order valence-electron chi connectivity index (χ2n) is 7.04. The maximum atomic E-state index is 12.5. The highest BCUT2D eigenvalue weighted by atomic mass is 16.4. The first kappa shape index (κ1) is 17.0. The fourth-order valence-electron chi connectivity index (χ4n) is 3.75. The molecular formula is C19H26N2O3. The van der Waals surface area contributed by atoms with Crippen molar-refractivity contribution < 1.29 is 14.7 Å². The van der Waals surface area contributed by atoms with Crippen molar-refractivity contribution in [3.05, 3.63) is 35.4 Å². The van der Waals surface area contributed by atoms with Crippen molar-refractivity contribution in [2.24, 2.45) is 5.92 Å². The lowest BCUT2D eigenvalue weighted by Crippen LogP contribution is -2.41. The molecular weight excluding hydrogens is 304 g/mol. The smallest absolute Gasteiger partial charge is 0.335 e. The van der Waals surface area contributed by atoms with E-state index in [1.165, 1.54) is 19.3 Å². The van der Waals surface area contributed by atoms with Gasteiger partial charge in [-0.25, -0.2) is 4.79 Å². The first-order valence-electron chi connectivity index (χ1n) is 8.94. The van der Waals surface area contributed by atoms with Crippen molar-refractivity contribution in [2.45, 2.75) is 32.1 Å². The van der Waals surface area contributed by atoms with Gasteiger partial charge in [-0.1, -0.05) is 18.6 Å². The average molecular weight is 330 g/mol. The van der Waals surface area contributed by atoms with E-state index in [0.717, 1.165) is 44.6 Å². The Hall–Kier alpha value is -1.88. The van der Waals surface area contributed by atoms with Gasteiger partial charge < -0.3 is 10.0 Å². The molecule has 2 aliphatic rings. The molecule has 0 aliphatic carbocycles. The summed E-state index contributed by atoms with van der Waals surface area (Å²) in [5.41, 5.74) is 1.47. The summed E-state index contributed by atoms with van der Waals surface area (Å²) in [5.74, 6) is -0.150. The van der Waals surface area contributed by atoms with Crippen LogP contribution in [0.25, 0.3) is 0 Å². The van der Waals surface area contributed by atoms with Gasteiger partial charge in [-0.15, -0.1) is 0 Å². The molecule has 2 fully saturated rings. The Bertz CT molecular complexity index is 579. The monoisotopic (exact) mass is 330 g/mol. The van der Waals surface area contributed by atoms with E-state index < -0.39 is 5.97 Å². The summed E-state index contributed by atoms with van der Waals surface area (Å²) in [6.07, 6.45) is 5.65. The van der Waals surface area contributed by atoms with Crippen LogP contribution in [0.4, 0.5) is 0 Å². The zero-order chi connectivity index (χ0) is 16.9. The van der Waals surface area contributed by atoms with E-state index in [1.54, 1.807) is 12.1 Å². The summed E-state index contributed by atoms with van der Waals surface area (Å²) in [6, 6.07) is 7.10. The molecule has 5 heteroatoms. The molecule has 2 saturated heterocycles. The van der Waals surface area contributed by atoms with E-state index >= 15 is 0 Å². The number of hydrogen-bond acceptors (Lipinski definition) is 3. The number of benzene rings is 1. The Labute approximate surface area is 143 Å². The minimum atomic E-state index is -0.892. The normalized spacial score (nSPS) is 21.8. The fraction of sp³-hybridized carbons (Fsp3) is 0.579. The van der Waals surface area contributed by atoms with Crippen LogP contribution in [0.5, 0.6) is 0 Å². The van der Waals surface area contributed by atoms with E-state index in [9.17, 15) is 9.59 Å². The second kappa shape index (κ2) is 7.79. The zero-order valence-electron chi connectivity index (χ0n) is 14.1. The van der Waals surface area contributed by atoms with Gasteiger partial charge >= 0.3 is 5.97 Å². The van der Waals surface area contributed by atoms with E-state index in [-0.39, 0.29) is 5.91 Å². The molecule has 1 atom stereocenters. The molecule has 1 aromatic carbocycles. The third kappa shape index (κ3) is 4.35. The Morgan fingerprint density at radius 2 is 1.75 bits per heavy atom. The number of carbonyl (C=O) groups is 2. The number of aromatic carboxylic acids is 1. The lowest BCUT2D eigenvalue weighted by atomic mass is 9.98. The molecule has 1 amide bonds. The second-order valence-corrected chi connectivity index (χ2v) is 7.04. The molecule has 0 bridgehead atoms. The van der Waals surface area contributed by atoms with Gasteiger partial charge in [-0.2, -0.15) is 0 Å². The van der Waals surface area contributed by atoms with Gasteiger partial charge in [0, 0.05) is 13.1 Å². The zero-order valence-corrected chi connectivity index (χ0v) is 14.1. The average Bonchev–Trinajstić information content (AvgIpc) is 3.05. The minimum absolute atomic E-state index is 0.264. The van der Waals surface area contributed by atoms with Crippen molar-refractivity contribution in [1.29, 1.82) is 0 Å². The van der Waals surface area contributed by atoms with Crippen molar-refractivity contribution in [3.8, 4) is 0 Å². The van der Waals surface area contributed by atoms with Crippen LogP contribution in [0.2, 0.25) is 0 Å². The molecule has 24 heavy (non-hydrogen) atoms. The van der Waals surface area contributed by atoms with Crippen LogP contribution in [0, 0.1) is 5.92 Å². The molecule has 0 radical (unpaired) electrons. The molecule has 1 N–H and O–H groups in total. The van der Waals surface area contributed by atoms with Crippen molar-refractivity contribution in [1.82, 2.24) is 9.80 Å². The van der Waals surface area contributed by atoms with Crippen LogP contribution < -0.4 is 0 Å². The molecule has 130 valence electrons. The molecule has 0 aromatic heterocycles. The third-order valence-corrected chi connectivity index (χ3v) is 5.17. The highest BCUT2D eigenvalue weighted by Gasteiger charge is 2.27. The van der Waals surface area contributed by atoms with E-state index in [2.05, 4.69) is 4.90 Å². The summed E-state index contributed by atoms with van der Waals surface area (Å²) in [6.45, 7) is 4.36. The molecule has 0 spiro atoms. The van der Waals surface area contributed by atoms with Crippen molar-refractivity contribution >= 4 is 11.9 Å². The standard InChI is InChI=1S/C19H26N2O3/c22-18(14-20-9-2-1-3-10-20)21-11-8-16(13-21)12-15-4-6-17(7-5-15)19(23)24/h4-7,16H,1-3,8-14H2,(H,23,24). The first-order valence-corrected chi connectivity index (χ1v) is 8.94.